The largest absolute Gasteiger partial charge is 0.331 e. The summed E-state index contributed by atoms with van der Waals surface area (Å²) in [6.07, 6.45) is 0. The average molecular weight is 200 g/mol. The summed E-state index contributed by atoms with van der Waals surface area (Å²) in [5, 5.41) is 4.41. The highest BCUT2D eigenvalue weighted by atomic mass is 19.1. The van der Waals surface area contributed by atoms with Gasteiger partial charge in [-0.2, -0.15) is 0 Å². The lowest BCUT2D eigenvalue weighted by atomic mass is 9.49. The van der Waals surface area contributed by atoms with E-state index >= 15 is 0 Å². The van der Waals surface area contributed by atoms with Gasteiger partial charge in [-0.05, 0) is 5.92 Å². The van der Waals surface area contributed by atoms with E-state index in [-0.39, 0.29) is 5.92 Å². The maximum absolute atomic E-state index is 14.3. The Bertz CT molecular complexity index is 329. The van der Waals surface area contributed by atoms with Gasteiger partial charge in [0.05, 0.1) is 6.04 Å². The molecule has 0 radical (unpaired) electrons. The number of carbonyl (C=O) groups excluding carboxylic acids is 2. The molecular weight excluding hydrogens is 187 g/mol. The van der Waals surface area contributed by atoms with Crippen molar-refractivity contribution in [2.75, 3.05) is 0 Å². The van der Waals surface area contributed by atoms with Crippen LogP contribution in [0.5, 0.6) is 0 Å². The number of nitrogens with one attached hydrogen (secondary N) is 2. The molecule has 0 aromatic carbocycles. The zero-order valence-electron chi connectivity index (χ0n) is 8.35. The Balaban J connectivity index is 2.38. The number of hydrogen-bond donors (Lipinski definition) is 2. The van der Waals surface area contributed by atoms with E-state index < -0.39 is 29.1 Å². The summed E-state index contributed by atoms with van der Waals surface area (Å²) in [6.45, 7) is 5.23. The maximum Gasteiger partial charge on any atom is 0.321 e. The zero-order chi connectivity index (χ0) is 10.7. The summed E-state index contributed by atoms with van der Waals surface area (Å²) in [5.74, 6) is -0.850. The first-order valence-corrected chi connectivity index (χ1v) is 4.62. The van der Waals surface area contributed by atoms with Crippen LogP contribution in [0.3, 0.4) is 0 Å². The van der Waals surface area contributed by atoms with E-state index in [1.54, 1.807) is 13.8 Å². The Hall–Kier alpha value is -1.13. The van der Waals surface area contributed by atoms with Gasteiger partial charge in [-0.25, -0.2) is 9.18 Å². The molecule has 4 nitrogen and oxygen atoms in total. The summed E-state index contributed by atoms with van der Waals surface area (Å²) in [6, 6.07) is -1.28. The summed E-state index contributed by atoms with van der Waals surface area (Å²) in [5.41, 5.74) is -2.68. The molecule has 3 amide bonds. The predicted octanol–water partition coefficient (Wildman–Crippen LogP) is 0.579. The highest BCUT2D eigenvalue weighted by Crippen LogP contribution is 2.57. The van der Waals surface area contributed by atoms with Gasteiger partial charge in [-0.1, -0.05) is 20.8 Å². The van der Waals surface area contributed by atoms with Crippen molar-refractivity contribution in [3.63, 3.8) is 0 Å². The standard InChI is InChI=1S/C9H13FN2O2/c1-4-5-9(10,8(4,2)3)6(13)12-7(14)11-5/h4-5H,1-3H3,(H2,11,12,13,14). The lowest BCUT2D eigenvalue weighted by Gasteiger charge is -2.61. The topological polar surface area (TPSA) is 58.2 Å². The third kappa shape index (κ3) is 0.738. The predicted molar refractivity (Wildman–Crippen MR) is 47.2 cm³/mol. The minimum Gasteiger partial charge on any atom is -0.331 e. The smallest absolute Gasteiger partial charge is 0.321 e. The second-order valence-electron chi connectivity index (χ2n) is 4.63. The molecule has 2 fully saturated rings. The molecular formula is C9H13FN2O2. The van der Waals surface area contributed by atoms with E-state index in [9.17, 15) is 14.0 Å². The maximum atomic E-state index is 14.3. The van der Waals surface area contributed by atoms with Crippen molar-refractivity contribution in [1.82, 2.24) is 10.6 Å². The van der Waals surface area contributed by atoms with E-state index in [1.165, 1.54) is 0 Å². The first kappa shape index (κ1) is 9.43. The fourth-order valence-electron chi connectivity index (χ4n) is 2.43. The highest BCUT2D eigenvalue weighted by molar-refractivity contribution is 6.04. The Labute approximate surface area is 81.2 Å². The van der Waals surface area contributed by atoms with Crippen LogP contribution in [-0.4, -0.2) is 23.6 Å². The molecule has 1 aliphatic heterocycles. The van der Waals surface area contributed by atoms with Crippen LogP contribution in [0.4, 0.5) is 9.18 Å². The SMILES string of the molecule is CC1C2NC(=O)NC(=O)C2(F)C1(C)C. The molecule has 1 heterocycles. The van der Waals surface area contributed by atoms with Crippen LogP contribution < -0.4 is 10.6 Å². The normalized spacial score (nSPS) is 44.6. The molecule has 2 N–H and O–H groups in total. The number of urea groups is 1. The Morgan fingerprint density at radius 3 is 2.50 bits per heavy atom. The van der Waals surface area contributed by atoms with Gasteiger partial charge in [0.1, 0.15) is 0 Å². The minimum absolute atomic E-state index is 0.0394. The summed E-state index contributed by atoms with van der Waals surface area (Å²) in [4.78, 5) is 22.4. The van der Waals surface area contributed by atoms with E-state index in [0.717, 1.165) is 0 Å². The van der Waals surface area contributed by atoms with Crippen molar-refractivity contribution in [3.8, 4) is 0 Å². The Morgan fingerprint density at radius 2 is 1.93 bits per heavy atom. The second kappa shape index (κ2) is 2.27. The number of alkyl halides is 1. The molecule has 0 bridgehead atoms. The van der Waals surface area contributed by atoms with Crippen molar-refractivity contribution in [1.29, 1.82) is 0 Å². The molecule has 14 heavy (non-hydrogen) atoms. The first-order valence-electron chi connectivity index (χ1n) is 4.62. The van der Waals surface area contributed by atoms with Crippen LogP contribution in [-0.2, 0) is 4.79 Å². The number of fused-ring (bicyclic) bond motifs is 1. The minimum atomic E-state index is -1.96. The van der Waals surface area contributed by atoms with Gasteiger partial charge in [-0.3, -0.25) is 10.1 Å². The van der Waals surface area contributed by atoms with E-state index in [4.69, 9.17) is 0 Å². The van der Waals surface area contributed by atoms with Crippen LogP contribution in [0.25, 0.3) is 0 Å². The van der Waals surface area contributed by atoms with Gasteiger partial charge in [0.15, 0.2) is 0 Å². The molecule has 1 saturated carbocycles. The summed E-state index contributed by atoms with van der Waals surface area (Å²) in [7, 11) is 0. The fourth-order valence-corrected chi connectivity index (χ4v) is 2.43. The summed E-state index contributed by atoms with van der Waals surface area (Å²) < 4.78 is 14.3. The zero-order valence-corrected chi connectivity index (χ0v) is 8.35. The van der Waals surface area contributed by atoms with Crippen LogP contribution >= 0.6 is 0 Å². The molecule has 0 spiro atoms. The van der Waals surface area contributed by atoms with Gasteiger partial charge in [0, 0.05) is 5.41 Å². The van der Waals surface area contributed by atoms with Crippen molar-refractivity contribution in [3.05, 3.63) is 0 Å². The molecule has 0 aromatic rings. The van der Waals surface area contributed by atoms with Crippen molar-refractivity contribution >= 4 is 11.9 Å². The van der Waals surface area contributed by atoms with Gasteiger partial charge < -0.3 is 5.32 Å². The molecule has 5 heteroatoms. The van der Waals surface area contributed by atoms with Crippen molar-refractivity contribution in [2.24, 2.45) is 11.3 Å². The molecule has 1 saturated heterocycles. The van der Waals surface area contributed by atoms with E-state index in [2.05, 4.69) is 5.32 Å². The Kier molecular flexibility index (Phi) is 1.53. The van der Waals surface area contributed by atoms with Gasteiger partial charge in [0.2, 0.25) is 5.67 Å². The fraction of sp³-hybridized carbons (Fsp3) is 0.778. The Morgan fingerprint density at radius 1 is 1.36 bits per heavy atom. The van der Waals surface area contributed by atoms with Crippen molar-refractivity contribution in [2.45, 2.75) is 32.5 Å². The van der Waals surface area contributed by atoms with Crippen LogP contribution in [0.1, 0.15) is 20.8 Å². The number of carbonyl (C=O) groups is 2. The molecule has 1 aliphatic carbocycles. The third-order valence-electron chi connectivity index (χ3n) is 3.85. The molecule has 78 valence electrons. The number of amides is 3. The second-order valence-corrected chi connectivity index (χ2v) is 4.63. The monoisotopic (exact) mass is 200 g/mol. The van der Waals surface area contributed by atoms with E-state index in [0.29, 0.717) is 0 Å². The van der Waals surface area contributed by atoms with Crippen molar-refractivity contribution < 1.29 is 14.0 Å². The molecule has 3 atom stereocenters. The molecule has 0 aromatic heterocycles. The van der Waals surface area contributed by atoms with Crippen LogP contribution in [0.2, 0.25) is 0 Å². The van der Waals surface area contributed by atoms with Crippen LogP contribution in [0, 0.1) is 11.3 Å². The molecule has 3 unspecified atom stereocenters. The number of halogens is 1. The number of hydrogen-bond acceptors (Lipinski definition) is 2. The molecule has 2 rings (SSSR count). The third-order valence-corrected chi connectivity index (χ3v) is 3.85. The number of imide groups is 1. The van der Waals surface area contributed by atoms with Crippen LogP contribution in [0.15, 0.2) is 0 Å². The van der Waals surface area contributed by atoms with Gasteiger partial charge in [0.25, 0.3) is 5.91 Å². The summed E-state index contributed by atoms with van der Waals surface area (Å²) >= 11 is 0. The lowest BCUT2D eigenvalue weighted by Crippen LogP contribution is -2.83. The van der Waals surface area contributed by atoms with Gasteiger partial charge in [-0.15, -0.1) is 0 Å². The first-order chi connectivity index (χ1) is 6.31. The van der Waals surface area contributed by atoms with Gasteiger partial charge >= 0.3 is 6.03 Å². The number of rotatable bonds is 0. The average Bonchev–Trinajstić information content (AvgIpc) is 2.10. The van der Waals surface area contributed by atoms with E-state index in [1.807, 2.05) is 12.2 Å². The highest BCUT2D eigenvalue weighted by Gasteiger charge is 2.73. The molecule has 2 aliphatic rings. The lowest BCUT2D eigenvalue weighted by molar-refractivity contribution is -0.186. The quantitative estimate of drug-likeness (QED) is 0.601.